The molecule has 1 N–H and O–H groups in total. The SMILES string of the molecule is COc1cc(-c2cnc3cc(OCCN4C5CCC4COC5)ccn23)cc(OC(F)F)c1C(=O)NC1CC1. The molecular weight excluding hydrogens is 498 g/mol. The van der Waals surface area contributed by atoms with Crippen LogP contribution in [0.25, 0.3) is 16.9 Å². The van der Waals surface area contributed by atoms with Crippen molar-refractivity contribution in [2.75, 3.05) is 33.5 Å². The van der Waals surface area contributed by atoms with Gasteiger partial charge < -0.3 is 24.3 Å². The molecule has 2 aromatic heterocycles. The number of ether oxygens (including phenoxy) is 4. The second kappa shape index (κ2) is 10.4. The van der Waals surface area contributed by atoms with E-state index in [2.05, 4.69) is 15.2 Å². The largest absolute Gasteiger partial charge is 0.496 e. The number of alkyl halides is 2. The van der Waals surface area contributed by atoms with Gasteiger partial charge >= 0.3 is 6.61 Å². The quantitative estimate of drug-likeness (QED) is 0.429. The zero-order valence-electron chi connectivity index (χ0n) is 21.1. The molecule has 0 radical (unpaired) electrons. The van der Waals surface area contributed by atoms with Crippen molar-refractivity contribution >= 4 is 11.6 Å². The highest BCUT2D eigenvalue weighted by atomic mass is 19.3. The number of carbonyl (C=O) groups is 1. The number of imidazole rings is 1. The maximum Gasteiger partial charge on any atom is 0.387 e. The maximum absolute atomic E-state index is 13.3. The molecule has 2 aliphatic heterocycles. The van der Waals surface area contributed by atoms with Crippen LogP contribution in [0.15, 0.2) is 36.7 Å². The minimum atomic E-state index is -3.10. The molecule has 2 atom stereocenters. The second-order valence-electron chi connectivity index (χ2n) is 9.92. The molecule has 3 aromatic rings. The number of nitrogens with zero attached hydrogens (tertiary/aromatic N) is 3. The predicted molar refractivity (Wildman–Crippen MR) is 134 cm³/mol. The normalized spacial score (nSPS) is 21.2. The molecule has 1 saturated carbocycles. The number of fused-ring (bicyclic) bond motifs is 3. The first-order chi connectivity index (χ1) is 18.5. The molecule has 2 bridgehead atoms. The second-order valence-corrected chi connectivity index (χ2v) is 9.92. The Bertz CT molecular complexity index is 1310. The smallest absolute Gasteiger partial charge is 0.387 e. The molecule has 3 aliphatic rings. The van der Waals surface area contributed by atoms with Crippen LogP contribution in [0.2, 0.25) is 0 Å². The van der Waals surface area contributed by atoms with Crippen LogP contribution in [0.3, 0.4) is 0 Å². The Labute approximate surface area is 218 Å². The summed E-state index contributed by atoms with van der Waals surface area (Å²) in [7, 11) is 1.39. The number of carbonyl (C=O) groups excluding carboxylic acids is 1. The van der Waals surface area contributed by atoms with E-state index in [0.29, 0.717) is 41.3 Å². The van der Waals surface area contributed by atoms with Gasteiger partial charge in [-0.3, -0.25) is 14.1 Å². The van der Waals surface area contributed by atoms with Crippen LogP contribution in [-0.2, 0) is 4.74 Å². The van der Waals surface area contributed by atoms with Gasteiger partial charge in [-0.05, 0) is 43.9 Å². The Kier molecular flexibility index (Phi) is 6.79. The van der Waals surface area contributed by atoms with Gasteiger partial charge in [0.2, 0.25) is 0 Å². The van der Waals surface area contributed by atoms with Crippen molar-refractivity contribution in [1.82, 2.24) is 19.6 Å². The molecule has 0 spiro atoms. The predicted octanol–water partition coefficient (Wildman–Crippen LogP) is 3.75. The Morgan fingerprint density at radius 1 is 1.16 bits per heavy atom. The number of nitrogens with one attached hydrogen (secondary N) is 1. The van der Waals surface area contributed by atoms with Crippen LogP contribution in [0, 0.1) is 0 Å². The lowest BCUT2D eigenvalue weighted by Crippen LogP contribution is -2.47. The minimum Gasteiger partial charge on any atom is -0.496 e. The van der Waals surface area contributed by atoms with E-state index < -0.39 is 12.5 Å². The molecule has 2 saturated heterocycles. The van der Waals surface area contributed by atoms with E-state index in [-0.39, 0.29) is 23.1 Å². The Balaban J connectivity index is 1.23. The summed E-state index contributed by atoms with van der Waals surface area (Å²) in [4.78, 5) is 19.8. The summed E-state index contributed by atoms with van der Waals surface area (Å²) in [5.74, 6) is 0.0842. The number of aromatic nitrogens is 2. The number of pyridine rings is 1. The van der Waals surface area contributed by atoms with Gasteiger partial charge in [-0.25, -0.2) is 4.98 Å². The molecular formula is C27H30F2N4O5. The zero-order valence-corrected chi connectivity index (χ0v) is 21.1. The number of benzene rings is 1. The lowest BCUT2D eigenvalue weighted by Gasteiger charge is -2.34. The van der Waals surface area contributed by atoms with Crippen molar-refractivity contribution in [2.24, 2.45) is 0 Å². The van der Waals surface area contributed by atoms with Gasteiger partial charge in [-0.2, -0.15) is 8.78 Å². The maximum atomic E-state index is 13.3. The molecule has 202 valence electrons. The third kappa shape index (κ3) is 5.00. The molecule has 1 aliphatic carbocycles. The minimum absolute atomic E-state index is 0.0467. The van der Waals surface area contributed by atoms with E-state index in [0.717, 1.165) is 32.6 Å². The highest BCUT2D eigenvalue weighted by Gasteiger charge is 2.37. The molecule has 11 heteroatoms. The van der Waals surface area contributed by atoms with Gasteiger partial charge in [0.05, 0.1) is 32.2 Å². The first-order valence-corrected chi connectivity index (χ1v) is 12.9. The Morgan fingerprint density at radius 2 is 1.92 bits per heavy atom. The lowest BCUT2D eigenvalue weighted by atomic mass is 10.1. The number of hydrogen-bond acceptors (Lipinski definition) is 7. The van der Waals surface area contributed by atoms with E-state index in [4.69, 9.17) is 18.9 Å². The van der Waals surface area contributed by atoms with Crippen LogP contribution in [-0.4, -0.2) is 78.4 Å². The van der Waals surface area contributed by atoms with Gasteiger partial charge in [0.25, 0.3) is 5.91 Å². The van der Waals surface area contributed by atoms with Gasteiger partial charge in [0, 0.05) is 42.5 Å². The number of morpholine rings is 1. The van der Waals surface area contributed by atoms with E-state index >= 15 is 0 Å². The van der Waals surface area contributed by atoms with Crippen LogP contribution in [0.5, 0.6) is 17.2 Å². The Morgan fingerprint density at radius 3 is 2.63 bits per heavy atom. The summed E-state index contributed by atoms with van der Waals surface area (Å²) >= 11 is 0. The summed E-state index contributed by atoms with van der Waals surface area (Å²) in [6.45, 7) is -0.110. The summed E-state index contributed by atoms with van der Waals surface area (Å²) in [5.41, 5.74) is 1.73. The van der Waals surface area contributed by atoms with Crippen molar-refractivity contribution in [3.63, 3.8) is 0 Å². The summed E-state index contributed by atoms with van der Waals surface area (Å²) in [6.07, 6.45) is 7.52. The summed E-state index contributed by atoms with van der Waals surface area (Å²) < 4.78 is 50.2. The third-order valence-corrected chi connectivity index (χ3v) is 7.43. The molecule has 9 nitrogen and oxygen atoms in total. The third-order valence-electron chi connectivity index (χ3n) is 7.43. The zero-order chi connectivity index (χ0) is 26.2. The summed E-state index contributed by atoms with van der Waals surface area (Å²) in [6, 6.07) is 7.74. The number of rotatable bonds is 10. The van der Waals surface area contributed by atoms with Crippen LogP contribution >= 0.6 is 0 Å². The van der Waals surface area contributed by atoms with Crippen LogP contribution in [0.4, 0.5) is 8.78 Å². The van der Waals surface area contributed by atoms with Crippen molar-refractivity contribution in [1.29, 1.82) is 0 Å². The topological polar surface area (TPSA) is 86.6 Å². The molecule has 1 amide bonds. The molecule has 1 aromatic carbocycles. The fourth-order valence-corrected chi connectivity index (χ4v) is 5.41. The molecule has 2 unspecified atom stereocenters. The molecule has 3 fully saturated rings. The number of hydrogen-bond donors (Lipinski definition) is 1. The standard InChI is InChI=1S/C27H30F2N4O5/c1-35-22-10-16(11-23(38-27(28)29)25(22)26(34)31-17-2-3-17)21-13-30-24-12-20(6-7-33(21)24)37-9-8-32-18-4-5-19(32)15-36-14-18/h6-7,10-13,17-19,27H,2-5,8-9,14-15H2,1H3,(H,31,34). The fourth-order valence-electron chi connectivity index (χ4n) is 5.41. The summed E-state index contributed by atoms with van der Waals surface area (Å²) in [5, 5.41) is 2.81. The van der Waals surface area contributed by atoms with Gasteiger partial charge in [-0.1, -0.05) is 0 Å². The van der Waals surface area contributed by atoms with Crippen molar-refractivity contribution in [3.8, 4) is 28.5 Å². The number of amides is 1. The highest BCUT2D eigenvalue weighted by Crippen LogP contribution is 2.37. The molecule has 38 heavy (non-hydrogen) atoms. The Hall–Kier alpha value is -3.44. The molecule has 4 heterocycles. The first kappa shape index (κ1) is 24.9. The van der Waals surface area contributed by atoms with Crippen molar-refractivity contribution in [2.45, 2.75) is 50.4 Å². The van der Waals surface area contributed by atoms with Gasteiger partial charge in [0.1, 0.15) is 35.1 Å². The van der Waals surface area contributed by atoms with Gasteiger partial charge in [0.15, 0.2) is 0 Å². The van der Waals surface area contributed by atoms with Gasteiger partial charge in [-0.15, -0.1) is 0 Å². The number of methoxy groups -OCH3 is 1. The van der Waals surface area contributed by atoms with E-state index in [9.17, 15) is 13.6 Å². The van der Waals surface area contributed by atoms with Crippen LogP contribution in [0.1, 0.15) is 36.0 Å². The average Bonchev–Trinajstić information content (AvgIpc) is 3.57. The molecule has 6 rings (SSSR count). The highest BCUT2D eigenvalue weighted by molar-refractivity contribution is 6.01. The van der Waals surface area contributed by atoms with Crippen LogP contribution < -0.4 is 19.5 Å². The fraction of sp³-hybridized carbons (Fsp3) is 0.481. The lowest BCUT2D eigenvalue weighted by molar-refractivity contribution is -0.0502. The average molecular weight is 529 g/mol. The number of halogens is 2. The van der Waals surface area contributed by atoms with Crippen molar-refractivity contribution < 1.29 is 32.5 Å². The van der Waals surface area contributed by atoms with E-state index in [1.54, 1.807) is 12.3 Å². The van der Waals surface area contributed by atoms with E-state index in [1.165, 1.54) is 26.0 Å². The first-order valence-electron chi connectivity index (χ1n) is 12.9. The monoisotopic (exact) mass is 528 g/mol. The van der Waals surface area contributed by atoms with E-state index in [1.807, 2.05) is 22.7 Å². The van der Waals surface area contributed by atoms with Crippen molar-refractivity contribution in [3.05, 3.63) is 42.2 Å².